The van der Waals surface area contributed by atoms with Crippen molar-refractivity contribution in [2.75, 3.05) is 39.6 Å². The number of nitrogens with zero attached hydrogens (tertiary/aromatic N) is 1. The molecular weight excluding hydrogens is 282 g/mol. The number of hydrogen-bond acceptors (Lipinski definition) is 5. The van der Waals surface area contributed by atoms with Crippen molar-refractivity contribution in [2.45, 2.75) is 25.8 Å². The molecule has 0 saturated carbocycles. The van der Waals surface area contributed by atoms with Gasteiger partial charge in [-0.05, 0) is 44.5 Å². The van der Waals surface area contributed by atoms with Crippen LogP contribution in [0.3, 0.4) is 0 Å². The SMILES string of the molecule is COc1c(C)cc(N)cc1OCC(=O)N(C)C1CCNCC1. The van der Waals surface area contributed by atoms with Gasteiger partial charge in [0.15, 0.2) is 18.1 Å². The number of anilines is 1. The van der Waals surface area contributed by atoms with E-state index in [1.807, 2.05) is 20.0 Å². The van der Waals surface area contributed by atoms with Gasteiger partial charge in [-0.2, -0.15) is 0 Å². The zero-order chi connectivity index (χ0) is 16.1. The van der Waals surface area contributed by atoms with Gasteiger partial charge in [0.2, 0.25) is 0 Å². The molecule has 1 aromatic carbocycles. The fourth-order valence-corrected chi connectivity index (χ4v) is 2.78. The number of aryl methyl sites for hydroxylation is 1. The quantitative estimate of drug-likeness (QED) is 0.799. The highest BCUT2D eigenvalue weighted by atomic mass is 16.5. The van der Waals surface area contributed by atoms with Crippen molar-refractivity contribution in [3.8, 4) is 11.5 Å². The first-order chi connectivity index (χ1) is 10.5. The number of piperidine rings is 1. The van der Waals surface area contributed by atoms with Crippen LogP contribution in [0.1, 0.15) is 18.4 Å². The molecule has 122 valence electrons. The number of rotatable bonds is 5. The summed E-state index contributed by atoms with van der Waals surface area (Å²) in [6.45, 7) is 3.78. The monoisotopic (exact) mass is 307 g/mol. The number of ether oxygens (including phenoxy) is 2. The van der Waals surface area contributed by atoms with Gasteiger partial charge in [0, 0.05) is 24.8 Å². The van der Waals surface area contributed by atoms with E-state index in [0.717, 1.165) is 31.5 Å². The summed E-state index contributed by atoms with van der Waals surface area (Å²) in [6.07, 6.45) is 1.95. The molecule has 0 spiro atoms. The fraction of sp³-hybridized carbons (Fsp3) is 0.562. The summed E-state index contributed by atoms with van der Waals surface area (Å²) in [7, 11) is 3.41. The normalized spacial score (nSPS) is 15.4. The van der Waals surface area contributed by atoms with E-state index < -0.39 is 0 Å². The molecule has 1 amide bonds. The first-order valence-electron chi connectivity index (χ1n) is 7.56. The van der Waals surface area contributed by atoms with Gasteiger partial charge in [-0.3, -0.25) is 4.79 Å². The summed E-state index contributed by atoms with van der Waals surface area (Å²) in [5, 5.41) is 3.29. The van der Waals surface area contributed by atoms with E-state index in [4.69, 9.17) is 15.2 Å². The number of nitrogens with two attached hydrogens (primary N) is 1. The third-order valence-corrected chi connectivity index (χ3v) is 4.07. The molecule has 0 aromatic heterocycles. The Hall–Kier alpha value is -1.95. The number of nitrogen functional groups attached to an aromatic ring is 1. The van der Waals surface area contributed by atoms with E-state index in [1.54, 1.807) is 18.1 Å². The third-order valence-electron chi connectivity index (χ3n) is 4.07. The summed E-state index contributed by atoms with van der Waals surface area (Å²) in [5.74, 6) is 1.09. The number of carbonyl (C=O) groups excluding carboxylic acids is 1. The Labute approximate surface area is 131 Å². The fourth-order valence-electron chi connectivity index (χ4n) is 2.78. The predicted octanol–water partition coefficient (Wildman–Crippen LogP) is 1.18. The number of methoxy groups -OCH3 is 1. The number of amides is 1. The Bertz CT molecular complexity index is 528. The van der Waals surface area contributed by atoms with Crippen LogP contribution in [0.2, 0.25) is 0 Å². The highest BCUT2D eigenvalue weighted by Gasteiger charge is 2.22. The zero-order valence-corrected chi connectivity index (χ0v) is 13.5. The number of nitrogens with one attached hydrogen (secondary N) is 1. The largest absolute Gasteiger partial charge is 0.493 e. The summed E-state index contributed by atoms with van der Waals surface area (Å²) in [6, 6.07) is 3.78. The Kier molecular flexibility index (Phi) is 5.49. The third kappa shape index (κ3) is 3.82. The second-order valence-corrected chi connectivity index (χ2v) is 5.64. The minimum Gasteiger partial charge on any atom is -0.493 e. The summed E-state index contributed by atoms with van der Waals surface area (Å²) >= 11 is 0. The van der Waals surface area contributed by atoms with Crippen molar-refractivity contribution >= 4 is 11.6 Å². The number of carbonyl (C=O) groups is 1. The van der Waals surface area contributed by atoms with Crippen LogP contribution in [-0.4, -0.2) is 50.7 Å². The molecule has 1 fully saturated rings. The van der Waals surface area contributed by atoms with Crippen molar-refractivity contribution in [1.29, 1.82) is 0 Å². The maximum Gasteiger partial charge on any atom is 0.260 e. The van der Waals surface area contributed by atoms with Crippen molar-refractivity contribution in [2.24, 2.45) is 0 Å². The first-order valence-corrected chi connectivity index (χ1v) is 7.56. The highest BCUT2D eigenvalue weighted by Crippen LogP contribution is 2.33. The van der Waals surface area contributed by atoms with E-state index in [1.165, 1.54) is 0 Å². The van der Waals surface area contributed by atoms with Crippen LogP contribution in [0.25, 0.3) is 0 Å². The van der Waals surface area contributed by atoms with Gasteiger partial charge in [-0.15, -0.1) is 0 Å². The maximum absolute atomic E-state index is 12.3. The molecule has 22 heavy (non-hydrogen) atoms. The van der Waals surface area contributed by atoms with Gasteiger partial charge < -0.3 is 25.4 Å². The predicted molar refractivity (Wildman–Crippen MR) is 86.3 cm³/mol. The Morgan fingerprint density at radius 3 is 2.73 bits per heavy atom. The molecular formula is C16H25N3O3. The summed E-state index contributed by atoms with van der Waals surface area (Å²) < 4.78 is 11.0. The summed E-state index contributed by atoms with van der Waals surface area (Å²) in [4.78, 5) is 14.1. The zero-order valence-electron chi connectivity index (χ0n) is 13.5. The lowest BCUT2D eigenvalue weighted by Crippen LogP contribution is -2.45. The van der Waals surface area contributed by atoms with Gasteiger partial charge >= 0.3 is 0 Å². The van der Waals surface area contributed by atoms with Crippen molar-refractivity contribution in [3.63, 3.8) is 0 Å². The second-order valence-electron chi connectivity index (χ2n) is 5.64. The van der Waals surface area contributed by atoms with E-state index in [-0.39, 0.29) is 18.6 Å². The molecule has 1 saturated heterocycles. The molecule has 1 aliphatic heterocycles. The van der Waals surface area contributed by atoms with Gasteiger partial charge in [0.25, 0.3) is 5.91 Å². The lowest BCUT2D eigenvalue weighted by Gasteiger charge is -2.31. The van der Waals surface area contributed by atoms with Gasteiger partial charge in [0.1, 0.15) is 0 Å². The maximum atomic E-state index is 12.3. The van der Waals surface area contributed by atoms with E-state index >= 15 is 0 Å². The molecule has 1 heterocycles. The second kappa shape index (κ2) is 7.35. The van der Waals surface area contributed by atoms with Crippen LogP contribution in [0.5, 0.6) is 11.5 Å². The van der Waals surface area contributed by atoms with Crippen LogP contribution >= 0.6 is 0 Å². The number of benzene rings is 1. The van der Waals surface area contributed by atoms with Gasteiger partial charge in [0.05, 0.1) is 7.11 Å². The molecule has 6 heteroatoms. The molecule has 0 unspecified atom stereocenters. The van der Waals surface area contributed by atoms with Crippen LogP contribution in [-0.2, 0) is 4.79 Å². The first kappa shape index (κ1) is 16.4. The van der Waals surface area contributed by atoms with E-state index in [9.17, 15) is 4.79 Å². The number of likely N-dealkylation sites (N-methyl/N-ethyl adjacent to an activating group) is 1. The lowest BCUT2D eigenvalue weighted by molar-refractivity contribution is -0.134. The van der Waals surface area contributed by atoms with Gasteiger partial charge in [-0.1, -0.05) is 0 Å². The molecule has 6 nitrogen and oxygen atoms in total. The molecule has 2 rings (SSSR count). The minimum absolute atomic E-state index is 0.0142. The van der Waals surface area contributed by atoms with Crippen LogP contribution < -0.4 is 20.5 Å². The van der Waals surface area contributed by atoms with Crippen molar-refractivity contribution in [1.82, 2.24) is 10.2 Å². The number of hydrogen-bond donors (Lipinski definition) is 2. The van der Waals surface area contributed by atoms with E-state index in [2.05, 4.69) is 5.32 Å². The molecule has 0 atom stereocenters. The van der Waals surface area contributed by atoms with Gasteiger partial charge in [-0.25, -0.2) is 0 Å². The highest BCUT2D eigenvalue weighted by molar-refractivity contribution is 5.78. The molecule has 3 N–H and O–H groups in total. The molecule has 0 radical (unpaired) electrons. The van der Waals surface area contributed by atoms with Crippen molar-refractivity contribution < 1.29 is 14.3 Å². The van der Waals surface area contributed by atoms with Crippen LogP contribution in [0.15, 0.2) is 12.1 Å². The van der Waals surface area contributed by atoms with Crippen LogP contribution in [0, 0.1) is 6.92 Å². The van der Waals surface area contributed by atoms with Crippen molar-refractivity contribution in [3.05, 3.63) is 17.7 Å². The van der Waals surface area contributed by atoms with E-state index in [0.29, 0.717) is 17.2 Å². The average Bonchev–Trinajstić information content (AvgIpc) is 2.52. The molecule has 1 aromatic rings. The Morgan fingerprint density at radius 2 is 2.09 bits per heavy atom. The van der Waals surface area contributed by atoms with Crippen LogP contribution in [0.4, 0.5) is 5.69 Å². The smallest absolute Gasteiger partial charge is 0.260 e. The standard InChI is InChI=1S/C16H25N3O3/c1-11-8-12(17)9-14(16(11)21-3)22-10-15(20)19(2)13-4-6-18-7-5-13/h8-9,13,18H,4-7,10,17H2,1-3H3. The molecule has 0 aliphatic carbocycles. The molecule has 1 aliphatic rings. The minimum atomic E-state index is -0.0333. The Morgan fingerprint density at radius 1 is 1.41 bits per heavy atom. The Balaban J connectivity index is 1.98. The lowest BCUT2D eigenvalue weighted by atomic mass is 10.1. The molecule has 0 bridgehead atoms. The summed E-state index contributed by atoms with van der Waals surface area (Å²) in [5.41, 5.74) is 7.30. The average molecular weight is 307 g/mol. The topological polar surface area (TPSA) is 76.8 Å².